The molecule has 0 bridgehead atoms. The van der Waals surface area contributed by atoms with Crippen molar-refractivity contribution >= 4 is 33.9 Å². The lowest BCUT2D eigenvalue weighted by Gasteiger charge is -2.15. The molecule has 170 valence electrons. The van der Waals surface area contributed by atoms with E-state index in [2.05, 4.69) is 10.6 Å². The van der Waals surface area contributed by atoms with Gasteiger partial charge in [0, 0.05) is 29.8 Å². The second-order valence-corrected chi connectivity index (χ2v) is 7.29. The van der Waals surface area contributed by atoms with Crippen molar-refractivity contribution in [2.75, 3.05) is 37.7 Å². The van der Waals surface area contributed by atoms with Gasteiger partial charge in [0.2, 0.25) is 5.75 Å². The van der Waals surface area contributed by atoms with Crippen molar-refractivity contribution in [1.29, 1.82) is 0 Å². The summed E-state index contributed by atoms with van der Waals surface area (Å²) in [6.07, 6.45) is 0. The van der Waals surface area contributed by atoms with Crippen LogP contribution in [-0.2, 0) is 6.54 Å². The molecule has 1 heterocycles. The lowest BCUT2D eigenvalue weighted by atomic mass is 10.1. The molecule has 0 aliphatic heterocycles. The largest absolute Gasteiger partial charge is 0.493 e. The van der Waals surface area contributed by atoms with Crippen LogP contribution in [0.15, 0.2) is 65.1 Å². The number of ether oxygens (including phenoxy) is 3. The first-order valence-electron chi connectivity index (χ1n) is 10.2. The number of carbonyl (C=O) groups excluding carboxylic acids is 1. The molecule has 0 aliphatic carbocycles. The van der Waals surface area contributed by atoms with Crippen molar-refractivity contribution in [3.63, 3.8) is 0 Å². The predicted octanol–water partition coefficient (Wildman–Crippen LogP) is 4.91. The minimum absolute atomic E-state index is 0.211. The second kappa shape index (κ2) is 9.44. The molecule has 8 nitrogen and oxygen atoms in total. The van der Waals surface area contributed by atoms with Gasteiger partial charge in [-0.3, -0.25) is 4.79 Å². The molecule has 4 rings (SSSR count). The maximum absolute atomic E-state index is 12.6. The van der Waals surface area contributed by atoms with Crippen molar-refractivity contribution in [1.82, 2.24) is 0 Å². The average Bonchev–Trinajstić information content (AvgIpc) is 3.27. The number of nitrogens with one attached hydrogen (secondary N) is 2. The lowest BCUT2D eigenvalue weighted by Crippen LogP contribution is -2.12. The molecule has 3 aromatic carbocycles. The van der Waals surface area contributed by atoms with Gasteiger partial charge in [-0.05, 0) is 35.9 Å². The Hall–Kier alpha value is -4.33. The molecule has 0 atom stereocenters. The van der Waals surface area contributed by atoms with E-state index in [1.165, 1.54) is 0 Å². The third-order valence-electron chi connectivity index (χ3n) is 5.17. The molecule has 0 fully saturated rings. The van der Waals surface area contributed by atoms with E-state index in [-0.39, 0.29) is 11.7 Å². The van der Waals surface area contributed by atoms with Crippen LogP contribution >= 0.6 is 0 Å². The second-order valence-electron chi connectivity index (χ2n) is 7.29. The molecule has 0 saturated heterocycles. The monoisotopic (exact) mass is 447 g/mol. The number of para-hydroxylation sites is 2. The first-order chi connectivity index (χ1) is 16.0. The van der Waals surface area contributed by atoms with E-state index in [0.29, 0.717) is 40.8 Å². The van der Waals surface area contributed by atoms with E-state index in [9.17, 15) is 4.79 Å². The van der Waals surface area contributed by atoms with Crippen LogP contribution in [0.5, 0.6) is 17.2 Å². The number of methoxy groups -OCH3 is 3. The number of benzene rings is 3. The van der Waals surface area contributed by atoms with Crippen LogP contribution in [0.4, 0.5) is 17.1 Å². The van der Waals surface area contributed by atoms with Crippen molar-refractivity contribution in [2.45, 2.75) is 6.54 Å². The highest BCUT2D eigenvalue weighted by Gasteiger charge is 2.15. The number of rotatable bonds is 8. The topological polar surface area (TPSA) is 108 Å². The summed E-state index contributed by atoms with van der Waals surface area (Å²) in [5.74, 6) is 1.52. The Morgan fingerprint density at radius 2 is 1.67 bits per heavy atom. The summed E-state index contributed by atoms with van der Waals surface area (Å²) >= 11 is 0. The van der Waals surface area contributed by atoms with Gasteiger partial charge in [0.15, 0.2) is 17.3 Å². The van der Waals surface area contributed by atoms with Gasteiger partial charge >= 0.3 is 0 Å². The van der Waals surface area contributed by atoms with Crippen LogP contribution in [0.1, 0.15) is 16.1 Å². The Bertz CT molecular complexity index is 1270. The van der Waals surface area contributed by atoms with E-state index in [4.69, 9.17) is 24.4 Å². The Morgan fingerprint density at radius 3 is 2.33 bits per heavy atom. The summed E-state index contributed by atoms with van der Waals surface area (Å²) in [7, 11) is 4.72. The van der Waals surface area contributed by atoms with Crippen LogP contribution in [0, 0.1) is 0 Å². The number of nitrogen functional groups attached to an aromatic ring is 1. The van der Waals surface area contributed by atoms with Gasteiger partial charge in [-0.2, -0.15) is 0 Å². The fourth-order valence-corrected chi connectivity index (χ4v) is 3.50. The summed E-state index contributed by atoms with van der Waals surface area (Å²) in [6, 6.07) is 18.2. The van der Waals surface area contributed by atoms with Gasteiger partial charge in [-0.25, -0.2) is 0 Å². The number of fused-ring (bicyclic) bond motifs is 1. The molecule has 1 aromatic heterocycles. The number of carbonyl (C=O) groups is 1. The smallest absolute Gasteiger partial charge is 0.291 e. The summed E-state index contributed by atoms with van der Waals surface area (Å²) in [4.78, 5) is 12.6. The number of hydrogen-bond acceptors (Lipinski definition) is 7. The minimum Gasteiger partial charge on any atom is -0.493 e. The first kappa shape index (κ1) is 21.9. The van der Waals surface area contributed by atoms with E-state index >= 15 is 0 Å². The first-order valence-corrected chi connectivity index (χ1v) is 10.2. The quantitative estimate of drug-likeness (QED) is 0.330. The van der Waals surface area contributed by atoms with Gasteiger partial charge in [-0.1, -0.05) is 18.2 Å². The summed E-state index contributed by atoms with van der Waals surface area (Å²) in [5.41, 5.74) is 9.38. The maximum atomic E-state index is 12.6. The van der Waals surface area contributed by atoms with Crippen molar-refractivity contribution < 1.29 is 23.4 Å². The molecule has 0 aliphatic rings. The van der Waals surface area contributed by atoms with Crippen molar-refractivity contribution in [2.24, 2.45) is 0 Å². The highest BCUT2D eigenvalue weighted by molar-refractivity contribution is 6.06. The molecule has 8 heteroatoms. The zero-order valence-electron chi connectivity index (χ0n) is 18.6. The Kier molecular flexibility index (Phi) is 6.26. The maximum Gasteiger partial charge on any atom is 0.291 e. The summed E-state index contributed by atoms with van der Waals surface area (Å²) < 4.78 is 21.9. The fraction of sp³-hybridized carbons (Fsp3) is 0.160. The normalized spacial score (nSPS) is 10.6. The molecule has 4 N–H and O–H groups in total. The highest BCUT2D eigenvalue weighted by atomic mass is 16.5. The van der Waals surface area contributed by atoms with Crippen molar-refractivity contribution in [3.05, 3.63) is 72.0 Å². The Labute approximate surface area is 191 Å². The van der Waals surface area contributed by atoms with Crippen LogP contribution in [-0.4, -0.2) is 27.2 Å². The van der Waals surface area contributed by atoms with E-state index in [1.54, 1.807) is 51.7 Å². The predicted molar refractivity (Wildman–Crippen MR) is 128 cm³/mol. The molecule has 0 spiro atoms. The molecular formula is C25H25N3O5. The van der Waals surface area contributed by atoms with Crippen LogP contribution in [0.2, 0.25) is 0 Å². The van der Waals surface area contributed by atoms with Gasteiger partial charge in [0.25, 0.3) is 5.91 Å². The molecule has 0 unspecified atom stereocenters. The van der Waals surface area contributed by atoms with E-state index in [0.717, 1.165) is 16.6 Å². The third-order valence-corrected chi connectivity index (χ3v) is 5.17. The number of nitrogens with two attached hydrogens (primary N) is 1. The fourth-order valence-electron chi connectivity index (χ4n) is 3.50. The van der Waals surface area contributed by atoms with Gasteiger partial charge in [-0.15, -0.1) is 0 Å². The molecule has 0 radical (unpaired) electrons. The van der Waals surface area contributed by atoms with Gasteiger partial charge in [0.05, 0.1) is 32.7 Å². The minimum atomic E-state index is -0.360. The molecule has 33 heavy (non-hydrogen) atoms. The van der Waals surface area contributed by atoms with Crippen LogP contribution < -0.4 is 30.6 Å². The van der Waals surface area contributed by atoms with E-state index < -0.39 is 0 Å². The number of amides is 1. The Morgan fingerprint density at radius 1 is 0.939 bits per heavy atom. The SMILES string of the molecule is COc1cc(NCc2ccc3oc(C(=O)Nc4ccccc4N)cc3c2)cc(OC)c1OC. The number of hydrogen-bond donors (Lipinski definition) is 3. The van der Waals surface area contributed by atoms with Crippen LogP contribution in [0.3, 0.4) is 0 Å². The third kappa shape index (κ3) is 4.64. The molecular weight excluding hydrogens is 422 g/mol. The highest BCUT2D eigenvalue weighted by Crippen LogP contribution is 2.40. The number of anilines is 3. The summed E-state index contributed by atoms with van der Waals surface area (Å²) in [6.45, 7) is 0.543. The van der Waals surface area contributed by atoms with Gasteiger partial charge in [0.1, 0.15) is 5.58 Å². The van der Waals surface area contributed by atoms with Gasteiger partial charge < -0.3 is 35.0 Å². The zero-order chi connectivity index (χ0) is 23.4. The lowest BCUT2D eigenvalue weighted by molar-refractivity contribution is 0.0998. The molecule has 4 aromatic rings. The molecule has 1 amide bonds. The van der Waals surface area contributed by atoms with Crippen molar-refractivity contribution in [3.8, 4) is 17.2 Å². The molecule has 0 saturated carbocycles. The Balaban J connectivity index is 1.50. The van der Waals surface area contributed by atoms with Crippen LogP contribution in [0.25, 0.3) is 11.0 Å². The zero-order valence-corrected chi connectivity index (χ0v) is 18.6. The number of furan rings is 1. The standard InChI is InChI=1S/C25H25N3O5/c1-30-21-12-17(13-22(31-2)24(21)32-3)27-14-15-8-9-20-16(10-15)11-23(33-20)25(29)28-19-7-5-4-6-18(19)26/h4-13,27H,14,26H2,1-3H3,(H,28,29). The van der Waals surface area contributed by atoms with E-state index in [1.807, 2.05) is 30.3 Å². The average molecular weight is 447 g/mol. The summed E-state index contributed by atoms with van der Waals surface area (Å²) in [5, 5.41) is 6.96.